The Hall–Kier alpha value is -3.98. The van der Waals surface area contributed by atoms with Gasteiger partial charge in [0.25, 0.3) is 0 Å². The Morgan fingerprint density at radius 1 is 0.568 bits per heavy atom. The van der Waals surface area contributed by atoms with E-state index in [1.54, 1.807) is 36.4 Å². The summed E-state index contributed by atoms with van der Waals surface area (Å²) in [6, 6.07) is 31.1. The van der Waals surface area contributed by atoms with Gasteiger partial charge in [0.2, 0.25) is 0 Å². The van der Waals surface area contributed by atoms with Crippen LogP contribution in [-0.4, -0.2) is 11.9 Å². The molecule has 1 aliphatic rings. The predicted octanol–water partition coefficient (Wildman–Crippen LogP) is 8.37. The standard InChI is InChI=1S/C34H32O3/c1-33(2)19-20-34(3,4)30-22-28(27(21-29(30)33)23-11-7-5-8-12-23)24-15-17-26(18-16-24)32(36)37-31(35)25-13-9-6-10-14-25/h5-18,21-22H,19-20H2,1-4H3. The highest BCUT2D eigenvalue weighted by molar-refractivity contribution is 6.02. The van der Waals surface area contributed by atoms with Crippen molar-refractivity contribution in [3.8, 4) is 22.3 Å². The fourth-order valence-electron chi connectivity index (χ4n) is 5.27. The van der Waals surface area contributed by atoms with Crippen molar-refractivity contribution in [2.75, 3.05) is 0 Å². The number of ether oxygens (including phenoxy) is 1. The summed E-state index contributed by atoms with van der Waals surface area (Å²) < 4.78 is 5.11. The van der Waals surface area contributed by atoms with E-state index in [0.29, 0.717) is 11.1 Å². The largest absolute Gasteiger partial charge is 0.386 e. The highest BCUT2D eigenvalue weighted by Gasteiger charge is 2.37. The van der Waals surface area contributed by atoms with Crippen LogP contribution in [0.1, 0.15) is 72.4 Å². The monoisotopic (exact) mass is 488 g/mol. The number of fused-ring (bicyclic) bond motifs is 1. The number of benzene rings is 4. The first kappa shape index (κ1) is 24.7. The molecule has 0 aliphatic heterocycles. The number of carbonyl (C=O) groups is 2. The molecule has 0 spiro atoms. The van der Waals surface area contributed by atoms with Crippen LogP contribution in [0.25, 0.3) is 22.3 Å². The summed E-state index contributed by atoms with van der Waals surface area (Å²) in [6.45, 7) is 9.34. The van der Waals surface area contributed by atoms with Gasteiger partial charge in [-0.1, -0.05) is 88.4 Å². The highest BCUT2D eigenvalue weighted by Crippen LogP contribution is 2.49. The molecule has 0 fully saturated rings. The molecule has 0 radical (unpaired) electrons. The van der Waals surface area contributed by atoms with Crippen LogP contribution in [0.15, 0.2) is 97.1 Å². The zero-order valence-electron chi connectivity index (χ0n) is 21.9. The smallest absolute Gasteiger partial charge is 0.346 e. The maximum absolute atomic E-state index is 12.7. The molecule has 0 saturated heterocycles. The second kappa shape index (κ2) is 9.48. The molecule has 37 heavy (non-hydrogen) atoms. The molecule has 0 bridgehead atoms. The first-order chi connectivity index (χ1) is 17.7. The van der Waals surface area contributed by atoms with Crippen LogP contribution in [0.3, 0.4) is 0 Å². The molecule has 186 valence electrons. The molecule has 3 nitrogen and oxygen atoms in total. The van der Waals surface area contributed by atoms with E-state index in [1.165, 1.54) is 16.7 Å². The summed E-state index contributed by atoms with van der Waals surface area (Å²) in [4.78, 5) is 25.0. The van der Waals surface area contributed by atoms with Crippen molar-refractivity contribution < 1.29 is 14.3 Å². The van der Waals surface area contributed by atoms with Crippen molar-refractivity contribution >= 4 is 11.9 Å². The SMILES string of the molecule is CC1(C)CCC(C)(C)c2cc(-c3ccc(C(=O)OC(=O)c4ccccc4)cc3)c(-c3ccccc3)cc21. The lowest BCUT2D eigenvalue weighted by molar-refractivity contribution is 0.0398. The summed E-state index contributed by atoms with van der Waals surface area (Å²) in [7, 11) is 0. The Bertz CT molecular complexity index is 1450. The predicted molar refractivity (Wildman–Crippen MR) is 149 cm³/mol. The quantitative estimate of drug-likeness (QED) is 0.214. The number of rotatable bonds is 4. The first-order valence-electron chi connectivity index (χ1n) is 12.8. The van der Waals surface area contributed by atoms with E-state index in [9.17, 15) is 9.59 Å². The minimum atomic E-state index is -0.656. The van der Waals surface area contributed by atoms with Crippen LogP contribution in [0, 0.1) is 0 Å². The number of hydrogen-bond donors (Lipinski definition) is 0. The Labute approximate surface area is 219 Å². The van der Waals surface area contributed by atoms with Crippen LogP contribution in [0.5, 0.6) is 0 Å². The molecule has 0 heterocycles. The fraction of sp³-hybridized carbons (Fsp3) is 0.235. The minimum absolute atomic E-state index is 0.0797. The first-order valence-corrected chi connectivity index (χ1v) is 12.8. The average molecular weight is 489 g/mol. The van der Waals surface area contributed by atoms with Gasteiger partial charge in [-0.15, -0.1) is 0 Å². The van der Waals surface area contributed by atoms with Crippen molar-refractivity contribution in [3.63, 3.8) is 0 Å². The Kier molecular flexibility index (Phi) is 6.33. The van der Waals surface area contributed by atoms with Crippen molar-refractivity contribution in [2.24, 2.45) is 0 Å². The highest BCUT2D eigenvalue weighted by atomic mass is 16.6. The molecule has 0 amide bonds. The number of hydrogen-bond acceptors (Lipinski definition) is 3. The van der Waals surface area contributed by atoms with E-state index >= 15 is 0 Å². The lowest BCUT2D eigenvalue weighted by Crippen LogP contribution is -2.34. The van der Waals surface area contributed by atoms with Crippen LogP contribution in [-0.2, 0) is 15.6 Å². The molecule has 0 N–H and O–H groups in total. The molecule has 3 heteroatoms. The third-order valence-electron chi connectivity index (χ3n) is 7.70. The summed E-state index contributed by atoms with van der Waals surface area (Å²) in [5.41, 5.74) is 8.16. The number of carbonyl (C=O) groups excluding carboxylic acids is 2. The summed E-state index contributed by atoms with van der Waals surface area (Å²) in [5, 5.41) is 0. The topological polar surface area (TPSA) is 43.4 Å². The lowest BCUT2D eigenvalue weighted by atomic mass is 9.62. The van der Waals surface area contributed by atoms with Gasteiger partial charge >= 0.3 is 11.9 Å². The normalized spacial score (nSPS) is 15.5. The molecular weight excluding hydrogens is 456 g/mol. The molecule has 4 aromatic rings. The van der Waals surface area contributed by atoms with E-state index in [-0.39, 0.29) is 10.8 Å². The van der Waals surface area contributed by atoms with E-state index in [1.807, 2.05) is 24.3 Å². The minimum Gasteiger partial charge on any atom is -0.386 e. The van der Waals surface area contributed by atoms with Crippen LogP contribution in [0.4, 0.5) is 0 Å². The maximum Gasteiger partial charge on any atom is 0.346 e. The summed E-state index contributed by atoms with van der Waals surface area (Å²) in [5.74, 6) is -1.31. The number of esters is 2. The van der Waals surface area contributed by atoms with Crippen molar-refractivity contribution in [1.29, 1.82) is 0 Å². The molecule has 5 rings (SSSR count). The molecule has 1 aliphatic carbocycles. The van der Waals surface area contributed by atoms with E-state index in [0.717, 1.165) is 29.5 Å². The molecule has 0 saturated carbocycles. The molecular formula is C34H32O3. The zero-order chi connectivity index (χ0) is 26.2. The molecule has 0 aromatic heterocycles. The van der Waals surface area contributed by atoms with E-state index < -0.39 is 11.9 Å². The molecule has 0 atom stereocenters. The second-order valence-electron chi connectivity index (χ2n) is 11.2. The third-order valence-corrected chi connectivity index (χ3v) is 7.70. The van der Waals surface area contributed by atoms with E-state index in [2.05, 4.69) is 64.1 Å². The summed E-state index contributed by atoms with van der Waals surface area (Å²) >= 11 is 0. The fourth-order valence-corrected chi connectivity index (χ4v) is 5.27. The van der Waals surface area contributed by atoms with Gasteiger partial charge in [0, 0.05) is 0 Å². The average Bonchev–Trinajstić information content (AvgIpc) is 2.92. The van der Waals surface area contributed by atoms with Crippen LogP contribution < -0.4 is 0 Å². The third kappa shape index (κ3) is 4.86. The second-order valence-corrected chi connectivity index (χ2v) is 11.2. The Balaban J connectivity index is 1.54. The van der Waals surface area contributed by atoms with Gasteiger partial charge in [-0.05, 0) is 93.5 Å². The van der Waals surface area contributed by atoms with Gasteiger partial charge in [0.05, 0.1) is 11.1 Å². The van der Waals surface area contributed by atoms with Crippen molar-refractivity contribution in [2.45, 2.75) is 51.4 Å². The van der Waals surface area contributed by atoms with Gasteiger partial charge < -0.3 is 4.74 Å². The van der Waals surface area contributed by atoms with E-state index in [4.69, 9.17) is 4.74 Å². The van der Waals surface area contributed by atoms with Gasteiger partial charge in [-0.25, -0.2) is 9.59 Å². The van der Waals surface area contributed by atoms with Crippen molar-refractivity contribution in [3.05, 3.63) is 119 Å². The van der Waals surface area contributed by atoms with Crippen LogP contribution in [0.2, 0.25) is 0 Å². The molecule has 0 unspecified atom stereocenters. The molecule has 4 aromatic carbocycles. The Morgan fingerprint density at radius 3 is 1.46 bits per heavy atom. The van der Waals surface area contributed by atoms with Crippen LogP contribution >= 0.6 is 0 Å². The van der Waals surface area contributed by atoms with Gasteiger partial charge in [-0.2, -0.15) is 0 Å². The van der Waals surface area contributed by atoms with Gasteiger partial charge in [0.1, 0.15) is 0 Å². The van der Waals surface area contributed by atoms with Gasteiger partial charge in [-0.3, -0.25) is 0 Å². The summed E-state index contributed by atoms with van der Waals surface area (Å²) in [6.07, 6.45) is 2.29. The maximum atomic E-state index is 12.7. The van der Waals surface area contributed by atoms with Crippen molar-refractivity contribution in [1.82, 2.24) is 0 Å². The zero-order valence-corrected chi connectivity index (χ0v) is 21.9. The van der Waals surface area contributed by atoms with Gasteiger partial charge in [0.15, 0.2) is 0 Å². The lowest BCUT2D eigenvalue weighted by Gasteiger charge is -2.42. The Morgan fingerprint density at radius 2 is 0.973 bits per heavy atom.